The average Bonchev–Trinajstić information content (AvgIpc) is 3.01. The lowest BCUT2D eigenvalue weighted by atomic mass is 9.82. The number of nitrogens with zero attached hydrogens (tertiary/aromatic N) is 2. The molecular weight excluding hydrogens is 302 g/mol. The van der Waals surface area contributed by atoms with Gasteiger partial charge in [0.25, 0.3) is 0 Å². The Labute approximate surface area is 141 Å². The van der Waals surface area contributed by atoms with Crippen LogP contribution in [-0.2, 0) is 4.79 Å². The van der Waals surface area contributed by atoms with Crippen LogP contribution < -0.4 is 0 Å². The van der Waals surface area contributed by atoms with Crippen LogP contribution in [0.1, 0.15) is 24.3 Å². The van der Waals surface area contributed by atoms with Crippen molar-refractivity contribution < 1.29 is 9.90 Å². The van der Waals surface area contributed by atoms with E-state index >= 15 is 0 Å². The second kappa shape index (κ2) is 7.01. The number of aliphatic hydroxyl groups excluding tert-OH is 1. The smallest absolute Gasteiger partial charge is 0.168 e. The van der Waals surface area contributed by atoms with Crippen LogP contribution in [0.3, 0.4) is 0 Å². The quantitative estimate of drug-likeness (QED) is 0.830. The van der Waals surface area contributed by atoms with Crippen molar-refractivity contribution in [1.29, 1.82) is 0 Å². The number of H-pyrrole nitrogens is 1. The van der Waals surface area contributed by atoms with Crippen molar-refractivity contribution in [3.63, 3.8) is 0 Å². The molecule has 2 N–H and O–H groups in total. The van der Waals surface area contributed by atoms with Crippen LogP contribution in [0.15, 0.2) is 46.8 Å². The maximum atomic E-state index is 12.5. The van der Waals surface area contributed by atoms with Crippen LogP contribution in [0.4, 0.5) is 0 Å². The van der Waals surface area contributed by atoms with Gasteiger partial charge in [0.15, 0.2) is 5.78 Å². The summed E-state index contributed by atoms with van der Waals surface area (Å²) in [6.07, 6.45) is 4.32. The molecule has 0 radical (unpaired) electrons. The number of nitrogens with one attached hydrogen (secondary N) is 1. The molecule has 3 rings (SSSR count). The highest BCUT2D eigenvalue weighted by atomic mass is 16.3. The number of aliphatic hydroxyl groups is 1. The van der Waals surface area contributed by atoms with E-state index in [-0.39, 0.29) is 17.5 Å². The summed E-state index contributed by atoms with van der Waals surface area (Å²) in [4.78, 5) is 21.9. The number of benzene rings is 1. The molecule has 0 aliphatic heterocycles. The second-order valence-corrected chi connectivity index (χ2v) is 6.51. The van der Waals surface area contributed by atoms with Crippen LogP contribution >= 0.6 is 0 Å². The number of hydrogen-bond donors (Lipinski definition) is 2. The van der Waals surface area contributed by atoms with Crippen molar-refractivity contribution in [3.05, 3.63) is 47.4 Å². The van der Waals surface area contributed by atoms with E-state index in [1.54, 1.807) is 0 Å². The van der Waals surface area contributed by atoms with Crippen molar-refractivity contribution in [2.24, 2.45) is 4.99 Å². The van der Waals surface area contributed by atoms with E-state index in [9.17, 15) is 9.90 Å². The summed E-state index contributed by atoms with van der Waals surface area (Å²) in [5.74, 6) is 0.123. The van der Waals surface area contributed by atoms with E-state index in [0.29, 0.717) is 25.0 Å². The lowest BCUT2D eigenvalue weighted by Crippen LogP contribution is -2.20. The number of aliphatic imine (C=N–C) groups is 1. The van der Waals surface area contributed by atoms with E-state index < -0.39 is 0 Å². The summed E-state index contributed by atoms with van der Waals surface area (Å²) in [7, 11) is 3.95. The van der Waals surface area contributed by atoms with E-state index in [0.717, 1.165) is 23.0 Å². The molecule has 0 saturated carbocycles. The SMILES string of the molecule is CN(C)CCN=CC1=C(O)CC(c2cccc3[nH]ccc23)CC1=O. The maximum Gasteiger partial charge on any atom is 0.168 e. The molecule has 0 saturated heterocycles. The highest BCUT2D eigenvalue weighted by Gasteiger charge is 2.28. The van der Waals surface area contributed by atoms with Crippen LogP contribution in [-0.4, -0.2) is 54.2 Å². The molecule has 1 heterocycles. The Bertz CT molecular complexity index is 802. The number of carbonyl (C=O) groups excluding carboxylic acids is 1. The number of allylic oxidation sites excluding steroid dienone is 2. The van der Waals surface area contributed by atoms with Gasteiger partial charge in [-0.2, -0.15) is 0 Å². The van der Waals surface area contributed by atoms with Gasteiger partial charge in [-0.25, -0.2) is 0 Å². The van der Waals surface area contributed by atoms with Gasteiger partial charge in [-0.1, -0.05) is 12.1 Å². The Morgan fingerprint density at radius 2 is 2.17 bits per heavy atom. The van der Waals surface area contributed by atoms with Crippen LogP contribution in [0.2, 0.25) is 0 Å². The number of carbonyl (C=O) groups is 1. The van der Waals surface area contributed by atoms with Crippen molar-refractivity contribution in [3.8, 4) is 0 Å². The van der Waals surface area contributed by atoms with Gasteiger partial charge in [0.05, 0.1) is 12.1 Å². The molecule has 1 aliphatic carbocycles. The van der Waals surface area contributed by atoms with E-state index in [4.69, 9.17) is 0 Å². The van der Waals surface area contributed by atoms with Gasteiger partial charge in [-0.05, 0) is 37.7 Å². The topological polar surface area (TPSA) is 68.7 Å². The molecule has 1 aromatic carbocycles. The van der Waals surface area contributed by atoms with Gasteiger partial charge in [-0.15, -0.1) is 0 Å². The number of Topliss-reactive ketones (excluding diaryl/α,β-unsaturated/α-hetero) is 1. The molecule has 24 heavy (non-hydrogen) atoms. The third kappa shape index (κ3) is 3.41. The molecule has 0 bridgehead atoms. The number of rotatable bonds is 5. The molecule has 1 unspecified atom stereocenters. The second-order valence-electron chi connectivity index (χ2n) is 6.51. The number of fused-ring (bicyclic) bond motifs is 1. The number of ketones is 1. The van der Waals surface area contributed by atoms with E-state index in [1.807, 2.05) is 49.5 Å². The first-order chi connectivity index (χ1) is 11.6. The summed E-state index contributed by atoms with van der Waals surface area (Å²) in [6.45, 7) is 1.43. The third-order valence-corrected chi connectivity index (χ3v) is 4.45. The van der Waals surface area contributed by atoms with Crippen LogP contribution in [0, 0.1) is 0 Å². The zero-order valence-electron chi connectivity index (χ0n) is 14.1. The van der Waals surface area contributed by atoms with Crippen molar-refractivity contribution in [1.82, 2.24) is 9.88 Å². The number of aromatic nitrogens is 1. The minimum atomic E-state index is -0.0371. The van der Waals surface area contributed by atoms with Crippen molar-refractivity contribution >= 4 is 22.9 Å². The molecule has 5 heteroatoms. The number of hydrogen-bond acceptors (Lipinski definition) is 4. The molecule has 1 aromatic heterocycles. The monoisotopic (exact) mass is 325 g/mol. The Balaban J connectivity index is 1.79. The molecule has 2 aromatic rings. The van der Waals surface area contributed by atoms with Gasteiger partial charge >= 0.3 is 0 Å². The third-order valence-electron chi connectivity index (χ3n) is 4.45. The number of aromatic amines is 1. The predicted octanol–water partition coefficient (Wildman–Crippen LogP) is 3.06. The average molecular weight is 325 g/mol. The van der Waals surface area contributed by atoms with E-state index in [2.05, 4.69) is 9.98 Å². The maximum absolute atomic E-state index is 12.5. The van der Waals surface area contributed by atoms with Gasteiger partial charge in [-0.3, -0.25) is 9.79 Å². The zero-order valence-corrected chi connectivity index (χ0v) is 14.1. The standard InChI is InChI=1S/C19H23N3O2/c1-22(2)9-8-20-12-16-18(23)10-13(11-19(16)24)14-4-3-5-17-15(14)6-7-21-17/h3-7,12-13,21,23H,8-11H2,1-2H3. The first-order valence-corrected chi connectivity index (χ1v) is 8.22. The summed E-state index contributed by atoms with van der Waals surface area (Å²) in [6, 6.07) is 8.06. The first-order valence-electron chi connectivity index (χ1n) is 8.22. The minimum Gasteiger partial charge on any atom is -0.511 e. The van der Waals surface area contributed by atoms with Crippen LogP contribution in [0.25, 0.3) is 10.9 Å². The van der Waals surface area contributed by atoms with Gasteiger partial charge in [0.1, 0.15) is 5.76 Å². The largest absolute Gasteiger partial charge is 0.511 e. The molecule has 126 valence electrons. The van der Waals surface area contributed by atoms with Gasteiger partial charge in [0.2, 0.25) is 0 Å². The highest BCUT2D eigenvalue weighted by molar-refractivity contribution is 6.14. The molecule has 0 fully saturated rings. The van der Waals surface area contributed by atoms with Gasteiger partial charge < -0.3 is 15.0 Å². The van der Waals surface area contributed by atoms with Crippen molar-refractivity contribution in [2.45, 2.75) is 18.8 Å². The van der Waals surface area contributed by atoms with E-state index in [1.165, 1.54) is 6.21 Å². The lowest BCUT2D eigenvalue weighted by Gasteiger charge is -2.23. The molecular formula is C19H23N3O2. The molecule has 5 nitrogen and oxygen atoms in total. The lowest BCUT2D eigenvalue weighted by molar-refractivity contribution is -0.116. The summed E-state index contributed by atoms with van der Waals surface area (Å²) in [5, 5.41) is 11.5. The summed E-state index contributed by atoms with van der Waals surface area (Å²) < 4.78 is 0. The fraction of sp³-hybridized carbons (Fsp3) is 0.368. The van der Waals surface area contributed by atoms with Gasteiger partial charge in [0, 0.05) is 42.7 Å². The Morgan fingerprint density at radius 3 is 2.92 bits per heavy atom. The minimum absolute atomic E-state index is 0.0101. The predicted molar refractivity (Wildman–Crippen MR) is 96.8 cm³/mol. The fourth-order valence-corrected chi connectivity index (χ4v) is 3.16. The first kappa shape index (κ1) is 16.5. The fourth-order valence-electron chi connectivity index (χ4n) is 3.16. The molecule has 0 spiro atoms. The Hall–Kier alpha value is -2.40. The molecule has 0 amide bonds. The summed E-state index contributed by atoms with van der Waals surface area (Å²) >= 11 is 0. The Morgan fingerprint density at radius 1 is 1.33 bits per heavy atom. The molecule has 1 aliphatic rings. The Kier molecular flexibility index (Phi) is 4.81. The van der Waals surface area contributed by atoms with Crippen LogP contribution in [0.5, 0.6) is 0 Å². The summed E-state index contributed by atoms with van der Waals surface area (Å²) in [5.41, 5.74) is 2.53. The zero-order chi connectivity index (χ0) is 17.1. The molecule has 1 atom stereocenters. The highest BCUT2D eigenvalue weighted by Crippen LogP contribution is 2.36. The van der Waals surface area contributed by atoms with Crippen molar-refractivity contribution in [2.75, 3.05) is 27.2 Å². The normalized spacial score (nSPS) is 19.1. The number of likely N-dealkylation sites (N-methyl/N-ethyl adjacent to an activating group) is 1.